The molecule has 6 aromatic carbocycles. The molecule has 2 heterocycles. The van der Waals surface area contributed by atoms with E-state index in [9.17, 15) is 0 Å². The highest BCUT2D eigenvalue weighted by atomic mass is 19.1. The molecule has 2 nitrogen and oxygen atoms in total. The molecule has 0 fully saturated rings. The Kier molecular flexibility index (Phi) is 6.51. The fourth-order valence-electron chi connectivity index (χ4n) is 8.10. The summed E-state index contributed by atoms with van der Waals surface area (Å²) < 4.78 is 30.6. The topological polar surface area (TPSA) is 27.8 Å². The normalized spacial score (nSPS) is 18.5. The zero-order valence-corrected chi connectivity index (χ0v) is 25.9. The minimum atomic E-state index is -0.888. The Morgan fingerprint density at radius 1 is 0.521 bits per heavy atom. The van der Waals surface area contributed by atoms with Crippen molar-refractivity contribution in [2.45, 2.75) is 11.5 Å². The quantitative estimate of drug-likeness (QED) is 0.196. The highest BCUT2D eigenvalue weighted by Gasteiger charge is 2.57. The van der Waals surface area contributed by atoms with Gasteiger partial charge in [0.15, 0.2) is 0 Å². The molecule has 0 spiro atoms. The Bertz CT molecular complexity index is 2380. The van der Waals surface area contributed by atoms with E-state index in [1.807, 2.05) is 36.5 Å². The summed E-state index contributed by atoms with van der Waals surface area (Å²) in [5, 5.41) is 4.72. The maximum absolute atomic E-state index is 15.6. The number of fused-ring (bicyclic) bond motifs is 4. The Morgan fingerprint density at radius 2 is 1.06 bits per heavy atom. The van der Waals surface area contributed by atoms with Gasteiger partial charge in [0, 0.05) is 33.9 Å². The second kappa shape index (κ2) is 11.1. The number of benzene rings is 6. The van der Waals surface area contributed by atoms with E-state index in [0.29, 0.717) is 0 Å². The van der Waals surface area contributed by atoms with Crippen LogP contribution in [0, 0.1) is 11.6 Å². The van der Waals surface area contributed by atoms with Crippen LogP contribution in [0.25, 0.3) is 33.2 Å². The molecule has 2 atom stereocenters. The van der Waals surface area contributed by atoms with Gasteiger partial charge in [0.25, 0.3) is 0 Å². The third-order valence-electron chi connectivity index (χ3n) is 9.93. The molecule has 0 saturated heterocycles. The predicted octanol–water partition coefficient (Wildman–Crippen LogP) is 11.1. The number of aromatic amines is 1. The standard InChI is InChI=1S/C44H30F2N2/c45-32-21-23-37-34(25-32)36(27-47-37)43-44(31-19-11-4-12-20-31)41(30-17-9-3-10-18-30)39(28-13-5-1-6-14-28)40(29-15-7-2-8-16-29)42(44)35-26-33(46)22-24-38(35)48-43/h1-27,43,47-48H/t43-,44-/m1/s1. The van der Waals surface area contributed by atoms with E-state index < -0.39 is 11.5 Å². The molecule has 48 heavy (non-hydrogen) atoms. The van der Waals surface area contributed by atoms with Crippen molar-refractivity contribution in [2.24, 2.45) is 0 Å². The van der Waals surface area contributed by atoms with Crippen molar-refractivity contribution in [2.75, 3.05) is 5.32 Å². The molecule has 2 N–H and O–H groups in total. The van der Waals surface area contributed by atoms with E-state index in [1.165, 1.54) is 12.1 Å². The first-order valence-corrected chi connectivity index (χ1v) is 16.2. The molecule has 7 aromatic rings. The van der Waals surface area contributed by atoms with Gasteiger partial charge in [-0.15, -0.1) is 0 Å². The van der Waals surface area contributed by atoms with Gasteiger partial charge in [0.2, 0.25) is 0 Å². The van der Waals surface area contributed by atoms with Crippen molar-refractivity contribution >= 4 is 38.9 Å². The highest BCUT2D eigenvalue weighted by molar-refractivity contribution is 6.33. The molecule has 1 aromatic heterocycles. The van der Waals surface area contributed by atoms with Crippen molar-refractivity contribution in [3.05, 3.63) is 209 Å². The maximum atomic E-state index is 15.6. The fraction of sp³-hybridized carbons (Fsp3) is 0.0455. The lowest BCUT2D eigenvalue weighted by molar-refractivity contribution is 0.585. The molecule has 0 bridgehead atoms. The minimum absolute atomic E-state index is 0.300. The van der Waals surface area contributed by atoms with Crippen LogP contribution >= 0.6 is 0 Å². The summed E-state index contributed by atoms with van der Waals surface area (Å²) in [6.07, 6.45) is 2.00. The molecule has 0 saturated carbocycles. The van der Waals surface area contributed by atoms with Crippen molar-refractivity contribution in [1.82, 2.24) is 4.98 Å². The summed E-state index contributed by atoms with van der Waals surface area (Å²) in [5.74, 6) is -0.606. The molecule has 0 radical (unpaired) electrons. The molecular formula is C44H30F2N2. The van der Waals surface area contributed by atoms with Crippen LogP contribution < -0.4 is 5.32 Å². The summed E-state index contributed by atoms with van der Waals surface area (Å²) in [5.41, 5.74) is 11.0. The predicted molar refractivity (Wildman–Crippen MR) is 192 cm³/mol. The maximum Gasteiger partial charge on any atom is 0.123 e. The molecular weight excluding hydrogens is 594 g/mol. The van der Waals surface area contributed by atoms with Crippen molar-refractivity contribution in [1.29, 1.82) is 0 Å². The van der Waals surface area contributed by atoms with Crippen LogP contribution in [0.15, 0.2) is 164 Å². The molecule has 1 aliphatic carbocycles. The van der Waals surface area contributed by atoms with Gasteiger partial charge in [0.05, 0.1) is 11.5 Å². The third kappa shape index (κ3) is 4.16. The average Bonchev–Trinajstić information content (AvgIpc) is 3.71. The molecule has 9 rings (SSSR count). The fourth-order valence-corrected chi connectivity index (χ4v) is 8.10. The lowest BCUT2D eigenvalue weighted by Crippen LogP contribution is -2.42. The van der Waals surface area contributed by atoms with E-state index >= 15 is 8.78 Å². The van der Waals surface area contributed by atoms with E-state index in [1.54, 1.807) is 18.2 Å². The van der Waals surface area contributed by atoms with Crippen LogP contribution in [0.3, 0.4) is 0 Å². The van der Waals surface area contributed by atoms with Crippen LogP contribution in [-0.4, -0.2) is 4.98 Å². The first-order valence-electron chi connectivity index (χ1n) is 16.2. The van der Waals surface area contributed by atoms with Gasteiger partial charge < -0.3 is 10.3 Å². The third-order valence-corrected chi connectivity index (χ3v) is 9.93. The lowest BCUT2D eigenvalue weighted by atomic mass is 9.59. The van der Waals surface area contributed by atoms with Gasteiger partial charge in [-0.2, -0.15) is 0 Å². The Hall–Kier alpha value is -6.00. The van der Waals surface area contributed by atoms with Crippen LogP contribution in [0.1, 0.15) is 39.4 Å². The van der Waals surface area contributed by atoms with Gasteiger partial charge in [-0.3, -0.25) is 0 Å². The molecule has 1 aliphatic heterocycles. The second-order valence-electron chi connectivity index (χ2n) is 12.5. The van der Waals surface area contributed by atoms with E-state index in [2.05, 4.69) is 107 Å². The zero-order valence-electron chi connectivity index (χ0n) is 25.9. The summed E-state index contributed by atoms with van der Waals surface area (Å²) in [6.45, 7) is 0. The molecule has 230 valence electrons. The number of allylic oxidation sites excluding steroid dienone is 2. The van der Waals surface area contributed by atoms with Gasteiger partial charge >= 0.3 is 0 Å². The van der Waals surface area contributed by atoms with Crippen LogP contribution in [-0.2, 0) is 5.41 Å². The number of anilines is 1. The van der Waals surface area contributed by atoms with Crippen LogP contribution in [0.5, 0.6) is 0 Å². The number of hydrogen-bond donors (Lipinski definition) is 2. The number of nitrogens with one attached hydrogen (secondary N) is 2. The van der Waals surface area contributed by atoms with Gasteiger partial charge in [-0.25, -0.2) is 8.78 Å². The summed E-state index contributed by atoms with van der Waals surface area (Å²) >= 11 is 0. The summed E-state index contributed by atoms with van der Waals surface area (Å²) in [7, 11) is 0. The number of rotatable bonds is 5. The van der Waals surface area contributed by atoms with Crippen molar-refractivity contribution in [3.8, 4) is 0 Å². The van der Waals surface area contributed by atoms with E-state index in [0.717, 1.165) is 72.3 Å². The second-order valence-corrected chi connectivity index (χ2v) is 12.5. The summed E-state index contributed by atoms with van der Waals surface area (Å²) in [6, 6.07) is 51.4. The van der Waals surface area contributed by atoms with Crippen LogP contribution in [0.2, 0.25) is 0 Å². The van der Waals surface area contributed by atoms with Crippen molar-refractivity contribution in [3.63, 3.8) is 0 Å². The highest BCUT2D eigenvalue weighted by Crippen LogP contribution is 2.69. The molecule has 4 heteroatoms. The number of hydrogen-bond acceptors (Lipinski definition) is 1. The Morgan fingerprint density at radius 3 is 1.71 bits per heavy atom. The molecule has 2 aliphatic rings. The SMILES string of the molecule is Fc1ccc2c(c1)C1=C(c3ccccc3)C(c3ccccc3)=C(c3ccccc3)[C@@]1(c1ccccc1)[C@@H](c1c[nH]c3ccc(F)cc13)N2. The zero-order chi connectivity index (χ0) is 32.2. The monoisotopic (exact) mass is 624 g/mol. The van der Waals surface area contributed by atoms with Crippen LogP contribution in [0.4, 0.5) is 14.5 Å². The average molecular weight is 625 g/mol. The summed E-state index contributed by atoms with van der Waals surface area (Å²) in [4.78, 5) is 3.44. The molecule has 0 unspecified atom stereocenters. The van der Waals surface area contributed by atoms with Gasteiger partial charge in [-0.1, -0.05) is 121 Å². The van der Waals surface area contributed by atoms with E-state index in [-0.39, 0.29) is 11.6 Å². The Labute approximate surface area is 277 Å². The smallest absolute Gasteiger partial charge is 0.123 e. The Balaban J connectivity index is 1.55. The largest absolute Gasteiger partial charge is 0.376 e. The molecule has 0 amide bonds. The minimum Gasteiger partial charge on any atom is -0.376 e. The first kappa shape index (κ1) is 28.2. The number of halogens is 2. The number of H-pyrrole nitrogens is 1. The van der Waals surface area contributed by atoms with Crippen molar-refractivity contribution < 1.29 is 8.78 Å². The lowest BCUT2D eigenvalue weighted by Gasteiger charge is -2.48. The van der Waals surface area contributed by atoms with Gasteiger partial charge in [0.1, 0.15) is 11.6 Å². The van der Waals surface area contributed by atoms with Gasteiger partial charge in [-0.05, 0) is 80.9 Å². The number of aromatic nitrogens is 1. The van der Waals surface area contributed by atoms with E-state index in [4.69, 9.17) is 0 Å². The first-order chi connectivity index (χ1) is 23.6.